The summed E-state index contributed by atoms with van der Waals surface area (Å²) >= 11 is 0. The predicted molar refractivity (Wildman–Crippen MR) is 98.9 cm³/mol. The van der Waals surface area contributed by atoms with E-state index >= 15 is 0 Å². The number of fused-ring (bicyclic) bond motifs is 1. The van der Waals surface area contributed by atoms with Gasteiger partial charge in [-0.1, -0.05) is 19.1 Å². The topological polar surface area (TPSA) is 82.9 Å². The Bertz CT molecular complexity index is 878. The van der Waals surface area contributed by atoms with Gasteiger partial charge in [0.15, 0.2) is 0 Å². The summed E-state index contributed by atoms with van der Waals surface area (Å²) in [5.41, 5.74) is 2.10. The Morgan fingerprint density at radius 2 is 2.00 bits per heavy atom. The fourth-order valence-corrected chi connectivity index (χ4v) is 3.53. The van der Waals surface area contributed by atoms with Crippen LogP contribution in [-0.4, -0.2) is 61.7 Å². The zero-order chi connectivity index (χ0) is 17.9. The Balaban J connectivity index is 1.38. The van der Waals surface area contributed by atoms with E-state index in [1.807, 2.05) is 23.1 Å². The largest absolute Gasteiger partial charge is 0.339 e. The van der Waals surface area contributed by atoms with E-state index in [9.17, 15) is 4.79 Å². The number of carbonyl (C=O) groups is 1. The van der Waals surface area contributed by atoms with E-state index in [1.54, 1.807) is 0 Å². The maximum Gasteiger partial charge on any atom is 0.224 e. The summed E-state index contributed by atoms with van der Waals surface area (Å²) in [6, 6.07) is 8.11. The Morgan fingerprint density at radius 3 is 2.73 bits per heavy atom. The van der Waals surface area contributed by atoms with Crippen molar-refractivity contribution in [1.29, 1.82) is 0 Å². The molecule has 26 heavy (non-hydrogen) atoms. The van der Waals surface area contributed by atoms with E-state index in [-0.39, 0.29) is 5.91 Å². The van der Waals surface area contributed by atoms with Gasteiger partial charge in [-0.2, -0.15) is 10.1 Å². The molecule has 0 aliphatic carbocycles. The van der Waals surface area contributed by atoms with Crippen LogP contribution in [0.4, 0.5) is 5.95 Å². The highest BCUT2D eigenvalue weighted by Gasteiger charge is 2.22. The van der Waals surface area contributed by atoms with Gasteiger partial charge in [0.2, 0.25) is 11.9 Å². The Hall–Kier alpha value is -2.90. The fourth-order valence-electron chi connectivity index (χ4n) is 3.53. The molecule has 0 saturated carbocycles. The molecule has 1 aliphatic rings. The van der Waals surface area contributed by atoms with Gasteiger partial charge < -0.3 is 14.4 Å². The zero-order valence-electron chi connectivity index (χ0n) is 14.9. The summed E-state index contributed by atoms with van der Waals surface area (Å²) in [5, 5.41) is 6.76. The predicted octanol–water partition coefficient (Wildman–Crippen LogP) is 1.46. The Kier molecular flexibility index (Phi) is 4.55. The molecule has 4 rings (SSSR count). The summed E-state index contributed by atoms with van der Waals surface area (Å²) in [6.45, 7) is 5.74. The first kappa shape index (κ1) is 16.6. The van der Waals surface area contributed by atoms with E-state index in [0.29, 0.717) is 26.1 Å². The molecule has 1 aromatic carbocycles. The Morgan fingerprint density at radius 1 is 1.19 bits per heavy atom. The van der Waals surface area contributed by atoms with Gasteiger partial charge in [0.1, 0.15) is 12.2 Å². The maximum atomic E-state index is 12.7. The number of benzene rings is 1. The molecular weight excluding hydrogens is 330 g/mol. The zero-order valence-corrected chi connectivity index (χ0v) is 14.9. The van der Waals surface area contributed by atoms with Gasteiger partial charge in [0.05, 0.1) is 11.0 Å². The van der Waals surface area contributed by atoms with Crippen molar-refractivity contribution in [2.75, 3.05) is 31.1 Å². The van der Waals surface area contributed by atoms with E-state index in [4.69, 9.17) is 0 Å². The molecule has 1 aliphatic heterocycles. The molecule has 0 unspecified atom stereocenters. The normalized spacial score (nSPS) is 15.0. The number of amides is 1. The highest BCUT2D eigenvalue weighted by atomic mass is 16.2. The lowest BCUT2D eigenvalue weighted by atomic mass is 10.2. The third kappa shape index (κ3) is 3.14. The monoisotopic (exact) mass is 353 g/mol. The number of rotatable bonds is 5. The summed E-state index contributed by atoms with van der Waals surface area (Å²) < 4.78 is 2.18. The number of nitrogens with zero attached hydrogens (tertiary/aromatic N) is 6. The molecule has 0 radical (unpaired) electrons. The summed E-state index contributed by atoms with van der Waals surface area (Å²) in [6.07, 6.45) is 2.86. The number of anilines is 1. The molecule has 3 heterocycles. The number of imidazole rings is 1. The highest BCUT2D eigenvalue weighted by molar-refractivity contribution is 5.78. The van der Waals surface area contributed by atoms with Gasteiger partial charge in [0.25, 0.3) is 0 Å². The molecule has 1 fully saturated rings. The number of aromatic nitrogens is 5. The number of nitrogens with one attached hydrogen (secondary N) is 1. The number of aromatic amines is 1. The van der Waals surface area contributed by atoms with Crippen LogP contribution in [0.2, 0.25) is 0 Å². The van der Waals surface area contributed by atoms with Crippen molar-refractivity contribution in [3.8, 4) is 0 Å². The summed E-state index contributed by atoms with van der Waals surface area (Å²) in [4.78, 5) is 25.6. The first-order valence-corrected chi connectivity index (χ1v) is 9.08. The van der Waals surface area contributed by atoms with Gasteiger partial charge in [-0.25, -0.2) is 10.1 Å². The lowest BCUT2D eigenvalue weighted by Gasteiger charge is -2.34. The highest BCUT2D eigenvalue weighted by Crippen LogP contribution is 2.17. The SMILES string of the molecule is CCc1nc2ccccc2n1CCC(=O)N1CCN(c2ncn[nH]2)CC1. The quantitative estimate of drug-likeness (QED) is 0.751. The minimum Gasteiger partial charge on any atom is -0.339 e. The Labute approximate surface area is 151 Å². The molecule has 3 aromatic rings. The molecule has 1 saturated heterocycles. The molecule has 0 spiro atoms. The third-order valence-corrected chi connectivity index (χ3v) is 4.93. The number of carbonyl (C=O) groups excluding carboxylic acids is 1. The van der Waals surface area contributed by atoms with Gasteiger partial charge >= 0.3 is 0 Å². The van der Waals surface area contributed by atoms with Crippen LogP contribution in [-0.2, 0) is 17.8 Å². The minimum absolute atomic E-state index is 0.196. The lowest BCUT2D eigenvalue weighted by Crippen LogP contribution is -2.49. The molecule has 0 atom stereocenters. The van der Waals surface area contributed by atoms with Crippen LogP contribution in [0.3, 0.4) is 0 Å². The van der Waals surface area contributed by atoms with Crippen molar-refractivity contribution in [2.24, 2.45) is 0 Å². The first-order valence-electron chi connectivity index (χ1n) is 9.08. The molecule has 136 valence electrons. The summed E-state index contributed by atoms with van der Waals surface area (Å²) in [5.74, 6) is 2.01. The first-order chi connectivity index (χ1) is 12.8. The second-order valence-electron chi connectivity index (χ2n) is 6.45. The van der Waals surface area contributed by atoms with Crippen molar-refractivity contribution in [1.82, 2.24) is 29.6 Å². The smallest absolute Gasteiger partial charge is 0.224 e. The van der Waals surface area contributed by atoms with Crippen LogP contribution in [0.15, 0.2) is 30.6 Å². The third-order valence-electron chi connectivity index (χ3n) is 4.93. The standard InChI is InChI=1S/C18H23N7O/c1-2-16-21-14-5-3-4-6-15(14)25(16)8-7-17(26)23-9-11-24(12-10-23)18-19-13-20-22-18/h3-6,13H,2,7-12H2,1H3,(H,19,20,22). The minimum atomic E-state index is 0.196. The van der Waals surface area contributed by atoms with Gasteiger partial charge in [-0.3, -0.25) is 4.79 Å². The molecule has 1 N–H and O–H groups in total. The van der Waals surface area contributed by atoms with Crippen LogP contribution in [0, 0.1) is 0 Å². The average Bonchev–Trinajstić information content (AvgIpc) is 3.34. The van der Waals surface area contributed by atoms with Gasteiger partial charge in [-0.05, 0) is 12.1 Å². The fraction of sp³-hybridized carbons (Fsp3) is 0.444. The molecule has 8 nitrogen and oxygen atoms in total. The second-order valence-corrected chi connectivity index (χ2v) is 6.45. The molecule has 8 heteroatoms. The number of piperazine rings is 1. The maximum absolute atomic E-state index is 12.7. The van der Waals surface area contributed by atoms with Crippen LogP contribution in [0.1, 0.15) is 19.2 Å². The van der Waals surface area contributed by atoms with Crippen molar-refractivity contribution < 1.29 is 4.79 Å². The molecule has 0 bridgehead atoms. The second kappa shape index (κ2) is 7.15. The van der Waals surface area contributed by atoms with Crippen LogP contribution in [0.5, 0.6) is 0 Å². The van der Waals surface area contributed by atoms with Crippen LogP contribution < -0.4 is 4.90 Å². The van der Waals surface area contributed by atoms with Crippen molar-refractivity contribution >= 4 is 22.9 Å². The summed E-state index contributed by atoms with van der Waals surface area (Å²) in [7, 11) is 0. The van der Waals surface area contributed by atoms with Crippen LogP contribution in [0.25, 0.3) is 11.0 Å². The van der Waals surface area contributed by atoms with Crippen LogP contribution >= 0.6 is 0 Å². The number of hydrogen-bond acceptors (Lipinski definition) is 5. The number of aryl methyl sites for hydroxylation is 2. The molecule has 2 aromatic heterocycles. The van der Waals surface area contributed by atoms with Crippen molar-refractivity contribution in [3.63, 3.8) is 0 Å². The van der Waals surface area contributed by atoms with E-state index in [0.717, 1.165) is 42.3 Å². The number of hydrogen-bond donors (Lipinski definition) is 1. The van der Waals surface area contributed by atoms with E-state index in [2.05, 4.69) is 42.6 Å². The van der Waals surface area contributed by atoms with E-state index in [1.165, 1.54) is 6.33 Å². The van der Waals surface area contributed by atoms with Crippen molar-refractivity contribution in [2.45, 2.75) is 26.3 Å². The van der Waals surface area contributed by atoms with Gasteiger partial charge in [0, 0.05) is 45.6 Å². The number of H-pyrrole nitrogens is 1. The van der Waals surface area contributed by atoms with E-state index < -0.39 is 0 Å². The van der Waals surface area contributed by atoms with Crippen molar-refractivity contribution in [3.05, 3.63) is 36.4 Å². The number of para-hydroxylation sites is 2. The average molecular weight is 353 g/mol. The molecule has 1 amide bonds. The molecular formula is C18H23N7O. The van der Waals surface area contributed by atoms with Gasteiger partial charge in [-0.15, -0.1) is 0 Å². The lowest BCUT2D eigenvalue weighted by molar-refractivity contribution is -0.131.